The molecule has 0 amide bonds. The first kappa shape index (κ1) is 10.5. The smallest absolute Gasteiger partial charge is 0.323 e. The number of ether oxygens (including phenoxy) is 1. The molecule has 1 fully saturated rings. The molecule has 4 nitrogen and oxygen atoms in total. The lowest BCUT2D eigenvalue weighted by Crippen LogP contribution is -1.89. The Balaban J connectivity index is 0.000000219. The van der Waals surface area contributed by atoms with Crippen LogP contribution in [0.25, 0.3) is 0 Å². The van der Waals surface area contributed by atoms with E-state index in [1.54, 1.807) is 6.26 Å². The Morgan fingerprint density at radius 1 is 1.70 bits per heavy atom. The fourth-order valence-electron chi connectivity index (χ4n) is 0.0745. The molecule has 1 saturated heterocycles. The van der Waals surface area contributed by atoms with Gasteiger partial charge in [0.1, 0.15) is 0 Å². The molecule has 1 aliphatic heterocycles. The lowest BCUT2D eigenvalue weighted by atomic mass is 11.0. The zero-order valence-electron chi connectivity index (χ0n) is 6.07. The number of nitrogens with two attached hydrogens (primary N) is 1. The zero-order valence-corrected chi connectivity index (χ0v) is 7.78. The third-order valence-electron chi connectivity index (χ3n) is 0.713. The van der Waals surface area contributed by atoms with Gasteiger partial charge in [-0.1, -0.05) is 11.4 Å². The van der Waals surface area contributed by atoms with Crippen LogP contribution in [-0.2, 0) is 13.8 Å². The van der Waals surface area contributed by atoms with Gasteiger partial charge < -0.3 is 9.26 Å². The molecule has 1 aliphatic rings. The molecule has 0 saturated carbocycles. The van der Waals surface area contributed by atoms with E-state index in [4.69, 9.17) is 5.50 Å². The molecule has 0 radical (unpaired) electrons. The van der Waals surface area contributed by atoms with Crippen molar-refractivity contribution in [2.75, 3.05) is 26.6 Å². The molecule has 0 aliphatic carbocycles. The summed E-state index contributed by atoms with van der Waals surface area (Å²) in [6.07, 6.45) is 1.64. The van der Waals surface area contributed by atoms with Gasteiger partial charge in [-0.2, -0.15) is 0 Å². The normalized spacial score (nSPS) is 20.3. The number of hydrogen-bond acceptors (Lipinski definition) is 4. The number of epoxide rings is 1. The Bertz CT molecular complexity index is 119. The van der Waals surface area contributed by atoms with Crippen molar-refractivity contribution < 1.29 is 13.8 Å². The van der Waals surface area contributed by atoms with Crippen molar-refractivity contribution in [3.8, 4) is 0 Å². The molecule has 0 aromatic carbocycles. The first-order valence-corrected chi connectivity index (χ1v) is 6.22. The van der Waals surface area contributed by atoms with Crippen LogP contribution in [0.1, 0.15) is 0 Å². The monoisotopic (exact) mass is 185 g/mol. The minimum atomic E-state index is -2.74. The van der Waals surface area contributed by atoms with E-state index in [-0.39, 0.29) is 0 Å². The van der Waals surface area contributed by atoms with Gasteiger partial charge in [-0.15, -0.1) is 0 Å². The maximum atomic E-state index is 10.5. The molecular weight excluding hydrogens is 173 g/mol. The summed E-state index contributed by atoms with van der Waals surface area (Å²) in [5.74, 6) is 0. The summed E-state index contributed by atoms with van der Waals surface area (Å²) in [5.41, 5.74) is 5.01. The predicted molar refractivity (Wildman–Crippen MR) is 43.1 cm³/mol. The molecule has 1 rings (SSSR count). The first-order valence-electron chi connectivity index (χ1n) is 2.70. The van der Waals surface area contributed by atoms with Crippen molar-refractivity contribution in [3.05, 3.63) is 0 Å². The standard InChI is InChI=1S/C2H8NO2PS.C2H4O/c1-5-6(3,4)7-2;1-2-3-1/h1-2H3,(H2,3,4);1-2H2. The van der Waals surface area contributed by atoms with Gasteiger partial charge in [0.05, 0.1) is 13.2 Å². The van der Waals surface area contributed by atoms with E-state index in [2.05, 4.69) is 9.26 Å². The largest absolute Gasteiger partial charge is 0.377 e. The molecule has 6 heteroatoms. The second kappa shape index (κ2) is 5.16. The molecule has 62 valence electrons. The van der Waals surface area contributed by atoms with Crippen LogP contribution in [0.3, 0.4) is 0 Å². The van der Waals surface area contributed by atoms with Gasteiger partial charge in [-0.3, -0.25) is 10.1 Å². The minimum absolute atomic E-state index is 1.00. The van der Waals surface area contributed by atoms with Gasteiger partial charge in [-0.25, -0.2) is 0 Å². The fraction of sp³-hybridized carbons (Fsp3) is 1.00. The maximum Gasteiger partial charge on any atom is 0.323 e. The Morgan fingerprint density at radius 3 is 2.10 bits per heavy atom. The van der Waals surface area contributed by atoms with Crippen LogP contribution in [0.5, 0.6) is 0 Å². The summed E-state index contributed by atoms with van der Waals surface area (Å²) in [5, 5.41) is 0. The van der Waals surface area contributed by atoms with E-state index in [1.165, 1.54) is 7.11 Å². The summed E-state index contributed by atoms with van der Waals surface area (Å²) in [4.78, 5) is 0. The van der Waals surface area contributed by atoms with Crippen molar-refractivity contribution in [3.63, 3.8) is 0 Å². The van der Waals surface area contributed by atoms with E-state index in [1.807, 2.05) is 0 Å². The summed E-state index contributed by atoms with van der Waals surface area (Å²) < 4.78 is 19.4. The van der Waals surface area contributed by atoms with E-state index in [0.29, 0.717) is 0 Å². The van der Waals surface area contributed by atoms with Gasteiger partial charge >= 0.3 is 6.72 Å². The molecule has 10 heavy (non-hydrogen) atoms. The Labute approximate surface area is 64.7 Å². The van der Waals surface area contributed by atoms with Crippen LogP contribution in [0, 0.1) is 0 Å². The molecule has 2 N–H and O–H groups in total. The van der Waals surface area contributed by atoms with Crippen LogP contribution in [-0.4, -0.2) is 26.6 Å². The van der Waals surface area contributed by atoms with Crippen LogP contribution >= 0.6 is 18.1 Å². The SMILES string of the molecule is C1CO1.COP(N)(=O)SC. The highest BCUT2D eigenvalue weighted by Gasteiger charge is 2.09. The summed E-state index contributed by atoms with van der Waals surface area (Å²) in [6, 6.07) is 0. The van der Waals surface area contributed by atoms with Crippen molar-refractivity contribution in [1.29, 1.82) is 0 Å². The van der Waals surface area contributed by atoms with Crippen molar-refractivity contribution in [2.24, 2.45) is 5.50 Å². The van der Waals surface area contributed by atoms with Gasteiger partial charge in [0.25, 0.3) is 0 Å². The highest BCUT2D eigenvalue weighted by molar-refractivity contribution is 8.55. The van der Waals surface area contributed by atoms with Gasteiger partial charge in [0.2, 0.25) is 0 Å². The first-order chi connectivity index (χ1) is 4.62. The molecule has 0 spiro atoms. The van der Waals surface area contributed by atoms with E-state index >= 15 is 0 Å². The summed E-state index contributed by atoms with van der Waals surface area (Å²) in [6.45, 7) is -0.738. The predicted octanol–water partition coefficient (Wildman–Crippen LogP) is 1.08. The third kappa shape index (κ3) is 8.46. The topological polar surface area (TPSA) is 64.8 Å². The second-order valence-corrected chi connectivity index (χ2v) is 5.95. The average Bonchev–Trinajstić information content (AvgIpc) is 2.73. The van der Waals surface area contributed by atoms with Gasteiger partial charge in [-0.05, 0) is 6.26 Å². The van der Waals surface area contributed by atoms with Crippen molar-refractivity contribution in [1.82, 2.24) is 0 Å². The van der Waals surface area contributed by atoms with E-state index in [0.717, 1.165) is 24.6 Å². The number of hydrogen-bond donors (Lipinski definition) is 1. The zero-order chi connectivity index (χ0) is 8.04. The fourth-order valence-corrected chi connectivity index (χ4v) is 0.671. The van der Waals surface area contributed by atoms with Crippen LogP contribution in [0.2, 0.25) is 0 Å². The van der Waals surface area contributed by atoms with Crippen molar-refractivity contribution >= 4 is 18.1 Å². The molecule has 1 heterocycles. The number of rotatable bonds is 2. The Hall–Kier alpha value is 0.460. The van der Waals surface area contributed by atoms with Crippen LogP contribution < -0.4 is 5.50 Å². The quantitative estimate of drug-likeness (QED) is 0.515. The van der Waals surface area contributed by atoms with Gasteiger partial charge in [0, 0.05) is 7.11 Å². The highest BCUT2D eigenvalue weighted by Crippen LogP contribution is 2.48. The Morgan fingerprint density at radius 2 is 2.10 bits per heavy atom. The summed E-state index contributed by atoms with van der Waals surface area (Å²) in [7, 11) is 1.33. The van der Waals surface area contributed by atoms with E-state index in [9.17, 15) is 4.57 Å². The Kier molecular flexibility index (Phi) is 5.39. The molecular formula is C4H12NO3PS. The average molecular weight is 185 g/mol. The van der Waals surface area contributed by atoms with Crippen molar-refractivity contribution in [2.45, 2.75) is 0 Å². The third-order valence-corrected chi connectivity index (χ3v) is 3.71. The molecule has 0 bridgehead atoms. The molecule has 0 aromatic heterocycles. The highest BCUT2D eigenvalue weighted by atomic mass is 32.7. The van der Waals surface area contributed by atoms with Crippen LogP contribution in [0.15, 0.2) is 0 Å². The minimum Gasteiger partial charge on any atom is -0.377 e. The lowest BCUT2D eigenvalue weighted by molar-refractivity contribution is 0.410. The second-order valence-electron chi connectivity index (χ2n) is 1.52. The lowest BCUT2D eigenvalue weighted by Gasteiger charge is -2.02. The van der Waals surface area contributed by atoms with Gasteiger partial charge in [0.15, 0.2) is 0 Å². The van der Waals surface area contributed by atoms with Crippen LogP contribution in [0.4, 0.5) is 0 Å². The molecule has 1 atom stereocenters. The molecule has 0 aromatic rings. The molecule has 1 unspecified atom stereocenters. The summed E-state index contributed by atoms with van der Waals surface area (Å²) >= 11 is 1.04. The van der Waals surface area contributed by atoms with E-state index < -0.39 is 6.72 Å². The maximum absolute atomic E-state index is 10.5.